The van der Waals surface area contributed by atoms with Crippen LogP contribution in [0.1, 0.15) is 37.2 Å². The van der Waals surface area contributed by atoms with Gasteiger partial charge in [0.25, 0.3) is 0 Å². The van der Waals surface area contributed by atoms with Crippen LogP contribution in [0, 0.1) is 0 Å². The molecule has 1 saturated heterocycles. The van der Waals surface area contributed by atoms with Gasteiger partial charge in [0.2, 0.25) is 0 Å². The van der Waals surface area contributed by atoms with Crippen molar-refractivity contribution in [3.63, 3.8) is 0 Å². The zero-order chi connectivity index (χ0) is 11.5. The largest absolute Gasteiger partial charge is 0.381 e. The van der Waals surface area contributed by atoms with Crippen LogP contribution in [0.4, 0.5) is 0 Å². The predicted octanol–water partition coefficient (Wildman–Crippen LogP) is 3.35. The van der Waals surface area contributed by atoms with E-state index in [1.54, 1.807) is 0 Å². The molecule has 0 bridgehead atoms. The predicted molar refractivity (Wildman–Crippen MR) is 66.9 cm³/mol. The number of rotatable bonds is 2. The van der Waals surface area contributed by atoms with E-state index in [0.29, 0.717) is 17.7 Å². The van der Waals surface area contributed by atoms with Gasteiger partial charge in [0.15, 0.2) is 0 Å². The van der Waals surface area contributed by atoms with Crippen molar-refractivity contribution >= 4 is 27.5 Å². The standard InChI is InChI=1S/C11H14BrClN2O/c1-2-8-9(12)10(13)15-11(14-8)7-4-3-5-16-6-7/h7H,2-6H2,1H3. The van der Waals surface area contributed by atoms with E-state index in [-0.39, 0.29) is 0 Å². The summed E-state index contributed by atoms with van der Waals surface area (Å²) in [4.78, 5) is 8.89. The monoisotopic (exact) mass is 304 g/mol. The smallest absolute Gasteiger partial charge is 0.147 e. The Morgan fingerprint density at radius 3 is 2.94 bits per heavy atom. The van der Waals surface area contributed by atoms with Crippen LogP contribution in [0.2, 0.25) is 5.15 Å². The minimum atomic E-state index is 0.296. The Kier molecular flexibility index (Phi) is 4.16. The summed E-state index contributed by atoms with van der Waals surface area (Å²) in [5.74, 6) is 1.12. The molecule has 0 spiro atoms. The number of hydrogen-bond donors (Lipinski definition) is 0. The summed E-state index contributed by atoms with van der Waals surface area (Å²) < 4.78 is 6.26. The van der Waals surface area contributed by atoms with E-state index in [2.05, 4.69) is 32.8 Å². The van der Waals surface area contributed by atoms with Crippen molar-refractivity contribution in [2.45, 2.75) is 32.1 Å². The first-order chi connectivity index (χ1) is 7.72. The summed E-state index contributed by atoms with van der Waals surface area (Å²) >= 11 is 9.49. The maximum atomic E-state index is 6.08. The Morgan fingerprint density at radius 2 is 2.31 bits per heavy atom. The number of aryl methyl sites for hydroxylation is 1. The van der Waals surface area contributed by atoms with Gasteiger partial charge < -0.3 is 4.74 Å². The van der Waals surface area contributed by atoms with Gasteiger partial charge in [-0.1, -0.05) is 18.5 Å². The molecule has 1 aromatic rings. The highest BCUT2D eigenvalue weighted by Gasteiger charge is 2.21. The van der Waals surface area contributed by atoms with Crippen LogP contribution in [0.3, 0.4) is 0 Å². The Labute approximate surface area is 109 Å². The van der Waals surface area contributed by atoms with E-state index in [4.69, 9.17) is 16.3 Å². The number of halogens is 2. The molecular weight excluding hydrogens is 291 g/mol. The maximum Gasteiger partial charge on any atom is 0.147 e. The number of hydrogen-bond acceptors (Lipinski definition) is 3. The van der Waals surface area contributed by atoms with E-state index >= 15 is 0 Å². The third kappa shape index (κ3) is 2.55. The first kappa shape index (κ1) is 12.3. The molecule has 5 heteroatoms. The average Bonchev–Trinajstić information content (AvgIpc) is 2.33. The zero-order valence-corrected chi connectivity index (χ0v) is 11.5. The highest BCUT2D eigenvalue weighted by atomic mass is 79.9. The van der Waals surface area contributed by atoms with Crippen LogP contribution < -0.4 is 0 Å². The summed E-state index contributed by atoms with van der Waals surface area (Å²) in [6.07, 6.45) is 3.01. The molecule has 2 rings (SSSR count). The highest BCUT2D eigenvalue weighted by Crippen LogP contribution is 2.28. The van der Waals surface area contributed by atoms with Gasteiger partial charge in [0.05, 0.1) is 16.8 Å². The molecule has 1 aliphatic heterocycles. The Morgan fingerprint density at radius 1 is 1.50 bits per heavy atom. The van der Waals surface area contributed by atoms with Crippen molar-refractivity contribution in [2.75, 3.05) is 13.2 Å². The van der Waals surface area contributed by atoms with E-state index in [1.165, 1.54) is 0 Å². The Hall–Kier alpha value is -0.190. The highest BCUT2D eigenvalue weighted by molar-refractivity contribution is 9.10. The normalized spacial score (nSPS) is 21.1. The molecule has 0 N–H and O–H groups in total. The van der Waals surface area contributed by atoms with Gasteiger partial charge in [-0.15, -0.1) is 0 Å². The van der Waals surface area contributed by atoms with Crippen LogP contribution in [0.15, 0.2) is 4.47 Å². The Balaban J connectivity index is 2.29. The van der Waals surface area contributed by atoms with E-state index in [0.717, 1.165) is 41.9 Å². The summed E-state index contributed by atoms with van der Waals surface area (Å²) in [5.41, 5.74) is 0.973. The van der Waals surface area contributed by atoms with Gasteiger partial charge >= 0.3 is 0 Å². The van der Waals surface area contributed by atoms with E-state index in [9.17, 15) is 0 Å². The summed E-state index contributed by atoms with van der Waals surface area (Å²) in [6.45, 7) is 3.62. The van der Waals surface area contributed by atoms with Gasteiger partial charge in [-0.2, -0.15) is 0 Å². The second kappa shape index (κ2) is 5.43. The first-order valence-electron chi connectivity index (χ1n) is 5.52. The number of ether oxygens (including phenoxy) is 1. The average molecular weight is 306 g/mol. The molecule has 0 aromatic carbocycles. The van der Waals surface area contributed by atoms with Crippen LogP contribution >= 0.6 is 27.5 Å². The fourth-order valence-corrected chi connectivity index (χ4v) is 2.50. The minimum absolute atomic E-state index is 0.296. The molecule has 1 aliphatic rings. The van der Waals surface area contributed by atoms with E-state index < -0.39 is 0 Å². The molecule has 88 valence electrons. The van der Waals surface area contributed by atoms with Gasteiger partial charge in [-0.3, -0.25) is 0 Å². The molecule has 0 amide bonds. The fourth-order valence-electron chi connectivity index (χ4n) is 1.84. The Bertz CT molecular complexity index is 380. The van der Waals surface area contributed by atoms with Gasteiger partial charge in [-0.05, 0) is 35.2 Å². The van der Waals surface area contributed by atoms with Gasteiger partial charge in [-0.25, -0.2) is 9.97 Å². The van der Waals surface area contributed by atoms with E-state index in [1.807, 2.05) is 0 Å². The van der Waals surface area contributed by atoms with Crippen molar-refractivity contribution in [1.29, 1.82) is 0 Å². The lowest BCUT2D eigenvalue weighted by Gasteiger charge is -2.21. The first-order valence-corrected chi connectivity index (χ1v) is 6.69. The SMILES string of the molecule is CCc1nc(C2CCCOC2)nc(Cl)c1Br. The summed E-state index contributed by atoms with van der Waals surface area (Å²) in [6, 6.07) is 0. The topological polar surface area (TPSA) is 35.0 Å². The molecule has 1 atom stereocenters. The lowest BCUT2D eigenvalue weighted by Crippen LogP contribution is -2.18. The fraction of sp³-hybridized carbons (Fsp3) is 0.636. The maximum absolute atomic E-state index is 6.08. The van der Waals surface area contributed by atoms with Crippen molar-refractivity contribution in [3.05, 3.63) is 21.1 Å². The van der Waals surface area contributed by atoms with Gasteiger partial charge in [0, 0.05) is 12.5 Å². The zero-order valence-electron chi connectivity index (χ0n) is 9.17. The molecule has 0 radical (unpaired) electrons. The van der Waals surface area contributed by atoms with Crippen molar-refractivity contribution < 1.29 is 4.74 Å². The lowest BCUT2D eigenvalue weighted by molar-refractivity contribution is 0.0780. The molecule has 1 aromatic heterocycles. The van der Waals surface area contributed by atoms with Crippen molar-refractivity contribution in [3.8, 4) is 0 Å². The number of nitrogens with zero attached hydrogens (tertiary/aromatic N) is 2. The molecular formula is C11H14BrClN2O. The number of aromatic nitrogens is 2. The second-order valence-electron chi connectivity index (χ2n) is 3.90. The minimum Gasteiger partial charge on any atom is -0.381 e. The van der Waals surface area contributed by atoms with Crippen molar-refractivity contribution in [1.82, 2.24) is 9.97 Å². The van der Waals surface area contributed by atoms with Gasteiger partial charge in [0.1, 0.15) is 11.0 Å². The van der Waals surface area contributed by atoms with Crippen LogP contribution in [0.5, 0.6) is 0 Å². The van der Waals surface area contributed by atoms with Crippen LogP contribution in [0.25, 0.3) is 0 Å². The molecule has 1 unspecified atom stereocenters. The lowest BCUT2D eigenvalue weighted by atomic mass is 10.0. The molecule has 0 aliphatic carbocycles. The third-order valence-electron chi connectivity index (χ3n) is 2.76. The molecule has 0 saturated carbocycles. The summed E-state index contributed by atoms with van der Waals surface area (Å²) in [5, 5.41) is 0.507. The molecule has 1 fully saturated rings. The molecule has 3 nitrogen and oxygen atoms in total. The quantitative estimate of drug-likeness (QED) is 0.786. The molecule has 2 heterocycles. The summed E-state index contributed by atoms with van der Waals surface area (Å²) in [7, 11) is 0. The van der Waals surface area contributed by atoms with Crippen molar-refractivity contribution in [2.24, 2.45) is 0 Å². The molecule has 16 heavy (non-hydrogen) atoms. The third-order valence-corrected chi connectivity index (χ3v) is 4.09. The van der Waals surface area contributed by atoms with Crippen LogP contribution in [-0.4, -0.2) is 23.2 Å². The second-order valence-corrected chi connectivity index (χ2v) is 5.05. The van der Waals surface area contributed by atoms with Crippen LogP contribution in [-0.2, 0) is 11.2 Å².